The van der Waals surface area contributed by atoms with Crippen LogP contribution in [0.2, 0.25) is 0 Å². The van der Waals surface area contributed by atoms with Gasteiger partial charge in [-0.15, -0.1) is 0 Å². The molecule has 0 amide bonds. The summed E-state index contributed by atoms with van der Waals surface area (Å²) in [5, 5.41) is 13.9. The molecule has 1 rings (SSSR count). The predicted molar refractivity (Wildman–Crippen MR) is 123 cm³/mol. The average molecular weight is 483 g/mol. The summed E-state index contributed by atoms with van der Waals surface area (Å²) in [6, 6.07) is 9.02. The van der Waals surface area contributed by atoms with Gasteiger partial charge in [0.25, 0.3) is 10.1 Å². The van der Waals surface area contributed by atoms with Crippen molar-refractivity contribution in [2.75, 3.05) is 0 Å². The van der Waals surface area contributed by atoms with Crippen LogP contribution in [0.1, 0.15) is 83.1 Å². The maximum atomic E-state index is 10.2. The first-order chi connectivity index (χ1) is 14.6. The number of rotatable bonds is 15. The fraction of sp³-hybridized carbons (Fsp3) is 0.636. The zero-order valence-corrected chi connectivity index (χ0v) is 22.7. The van der Waals surface area contributed by atoms with Gasteiger partial charge in [0.2, 0.25) is 0 Å². The molecule has 0 heterocycles. The summed E-state index contributed by atoms with van der Waals surface area (Å²) in [5.41, 5.74) is 1.63. The van der Waals surface area contributed by atoms with E-state index in [4.69, 9.17) is 14.8 Å². The number of unbranched alkanes of at least 4 members (excludes halogenated alkanes) is 9. The van der Waals surface area contributed by atoms with Gasteiger partial charge in [0.1, 0.15) is 0 Å². The largest absolute Gasteiger partial charge is 0.481 e. The number of hydrogen-bond donors (Lipinski definition) is 3. The van der Waals surface area contributed by atoms with Gasteiger partial charge in [-0.25, -0.2) is 0 Å². The Morgan fingerprint density at radius 2 is 1.39 bits per heavy atom. The molecule has 0 saturated heterocycles. The SMILES string of the molecule is CCCCCCCCCCCCc1cccc[c]1[K].O=C(O)CC(C(=O)O)S(=O)(=O)O. The van der Waals surface area contributed by atoms with Crippen molar-refractivity contribution in [3.05, 3.63) is 29.8 Å². The quantitative estimate of drug-likeness (QED) is 0.197. The van der Waals surface area contributed by atoms with E-state index in [0.29, 0.717) is 0 Å². The van der Waals surface area contributed by atoms with Crippen LogP contribution < -0.4 is -0.342 Å². The maximum absolute atomic E-state index is 10.2. The molecule has 0 aliphatic heterocycles. The van der Waals surface area contributed by atoms with Gasteiger partial charge >= 0.3 is 155 Å². The van der Waals surface area contributed by atoms with E-state index in [2.05, 4.69) is 31.2 Å². The molecule has 0 spiro atoms. The van der Waals surface area contributed by atoms with Crippen molar-refractivity contribution in [2.24, 2.45) is 0 Å². The number of carbonyl (C=O) groups is 2. The van der Waals surface area contributed by atoms with Gasteiger partial charge in [-0.3, -0.25) is 14.1 Å². The van der Waals surface area contributed by atoms with Crippen molar-refractivity contribution in [1.82, 2.24) is 0 Å². The van der Waals surface area contributed by atoms with Crippen LogP contribution in [0.3, 0.4) is 0 Å². The molecule has 0 radical (unpaired) electrons. The van der Waals surface area contributed by atoms with Crippen LogP contribution in [0.4, 0.5) is 0 Å². The van der Waals surface area contributed by atoms with Crippen LogP contribution >= 0.6 is 0 Å². The van der Waals surface area contributed by atoms with Gasteiger partial charge in [0.15, 0.2) is 5.25 Å². The second kappa shape index (κ2) is 18.2. The van der Waals surface area contributed by atoms with Crippen LogP contribution in [0.15, 0.2) is 24.3 Å². The van der Waals surface area contributed by atoms with Gasteiger partial charge in [-0.05, 0) is 0 Å². The Morgan fingerprint density at radius 1 is 0.903 bits per heavy atom. The molecule has 0 bridgehead atoms. The van der Waals surface area contributed by atoms with Crippen LogP contribution in [-0.4, -0.2) is 89.3 Å². The van der Waals surface area contributed by atoms with E-state index >= 15 is 0 Å². The van der Waals surface area contributed by atoms with Crippen molar-refractivity contribution in [3.63, 3.8) is 0 Å². The molecule has 1 atom stereocenters. The van der Waals surface area contributed by atoms with Gasteiger partial charge in [-0.1, -0.05) is 13.3 Å². The van der Waals surface area contributed by atoms with Gasteiger partial charge in [-0.2, -0.15) is 8.42 Å². The normalized spacial score (nSPS) is 12.0. The number of carboxylic acid groups (broad SMARTS) is 2. The van der Waals surface area contributed by atoms with Gasteiger partial charge < -0.3 is 10.2 Å². The van der Waals surface area contributed by atoms with E-state index in [0.717, 1.165) is 49.0 Å². The molecule has 0 saturated carbocycles. The predicted octanol–water partition coefficient (Wildman–Crippen LogP) is 3.75. The molecule has 1 aromatic rings. The molecule has 0 aromatic heterocycles. The van der Waals surface area contributed by atoms with Crippen LogP contribution in [0.25, 0.3) is 0 Å². The first-order valence-electron chi connectivity index (χ1n) is 11.0. The van der Waals surface area contributed by atoms with Crippen LogP contribution in [0.5, 0.6) is 0 Å². The monoisotopic (exact) mass is 482 g/mol. The third-order valence-electron chi connectivity index (χ3n) is 5.06. The summed E-state index contributed by atoms with van der Waals surface area (Å²) in [6.07, 6.45) is 14.5. The van der Waals surface area contributed by atoms with Gasteiger partial charge in [0, 0.05) is 0 Å². The third-order valence-corrected chi connectivity index (χ3v) is 7.67. The van der Waals surface area contributed by atoms with E-state index in [1.165, 1.54) is 70.6 Å². The summed E-state index contributed by atoms with van der Waals surface area (Å²) < 4.78 is 30.3. The molecule has 31 heavy (non-hydrogen) atoms. The van der Waals surface area contributed by atoms with Gasteiger partial charge in [0.05, 0.1) is 6.42 Å². The summed E-state index contributed by atoms with van der Waals surface area (Å²) >= 11 is 0.835. The van der Waals surface area contributed by atoms with Crippen LogP contribution in [-0.2, 0) is 26.1 Å². The van der Waals surface area contributed by atoms with E-state index in [9.17, 15) is 18.0 Å². The number of benzene rings is 1. The Balaban J connectivity index is 0.000000649. The Kier molecular flexibility index (Phi) is 18.0. The number of hydrogen-bond acceptors (Lipinski definition) is 4. The number of aliphatic carboxylic acids is 2. The third kappa shape index (κ3) is 16.9. The number of carboxylic acids is 2. The molecule has 0 aliphatic rings. The second-order valence-electron chi connectivity index (χ2n) is 7.80. The molecule has 7 nitrogen and oxygen atoms in total. The van der Waals surface area contributed by atoms with E-state index in [1.807, 2.05) is 0 Å². The molecule has 1 aromatic carbocycles. The van der Waals surface area contributed by atoms with E-state index in [-0.39, 0.29) is 0 Å². The fourth-order valence-electron chi connectivity index (χ4n) is 3.17. The summed E-state index contributed by atoms with van der Waals surface area (Å²) in [5.74, 6) is -3.50. The summed E-state index contributed by atoms with van der Waals surface area (Å²) in [4.78, 5) is 20.0. The first-order valence-corrected chi connectivity index (χ1v) is 14.1. The molecule has 0 fully saturated rings. The average Bonchev–Trinajstić information content (AvgIpc) is 2.68. The van der Waals surface area contributed by atoms with E-state index < -0.39 is 33.7 Å². The molecule has 0 aliphatic carbocycles. The smallest absolute Gasteiger partial charge is 0.325 e. The number of aryl methyl sites for hydroxylation is 1. The van der Waals surface area contributed by atoms with Crippen LogP contribution in [0, 0.1) is 0 Å². The zero-order valence-electron chi connectivity index (χ0n) is 18.8. The minimum Gasteiger partial charge on any atom is -0.481 e. The topological polar surface area (TPSA) is 129 Å². The van der Waals surface area contributed by atoms with Crippen molar-refractivity contribution in [1.29, 1.82) is 0 Å². The molecule has 1 unspecified atom stereocenters. The Bertz CT molecular complexity index is 750. The Morgan fingerprint density at radius 3 is 1.77 bits per heavy atom. The molecular formula is C22H35KO7S. The molecular weight excluding hydrogens is 447 g/mol. The van der Waals surface area contributed by atoms with Crippen molar-refractivity contribution in [2.45, 2.75) is 89.2 Å². The summed E-state index contributed by atoms with van der Waals surface area (Å²) in [7, 11) is -4.84. The van der Waals surface area contributed by atoms with Crippen molar-refractivity contribution >= 4 is 70.7 Å². The zero-order chi connectivity index (χ0) is 23.7. The van der Waals surface area contributed by atoms with Crippen molar-refractivity contribution < 1.29 is 32.8 Å². The van der Waals surface area contributed by atoms with Crippen molar-refractivity contribution in [3.8, 4) is 0 Å². The standard InChI is InChI=1S/C18H29.C4H6O7S.K/c1-2-3-4-5-6-7-8-9-10-12-15-18-16-13-11-14-17-18;5-3(6)1-2(4(7)8)12(9,10)11;/h11,13-14,16H,2-10,12,15H2,1H3;2H,1H2,(H,5,6)(H,7,8)(H,9,10,11);. The second-order valence-corrected chi connectivity index (χ2v) is 11.1. The molecule has 9 heteroatoms. The fourth-order valence-corrected chi connectivity index (χ4v) is 4.73. The summed E-state index contributed by atoms with van der Waals surface area (Å²) in [6.45, 7) is 2.29. The Labute approximate surface area is 220 Å². The molecule has 3 N–H and O–H groups in total. The Hall–Kier alpha value is -0.294. The minimum absolute atomic E-state index is 0.835. The first kappa shape index (κ1) is 30.7. The maximum Gasteiger partial charge on any atom is 0.325 e. The van der Waals surface area contributed by atoms with E-state index in [1.54, 1.807) is 5.22 Å². The molecule has 172 valence electrons. The minimum atomic E-state index is -4.84.